The van der Waals surface area contributed by atoms with E-state index >= 15 is 0 Å². The van der Waals surface area contributed by atoms with Gasteiger partial charge in [0.15, 0.2) is 5.78 Å². The molecule has 3 aromatic rings. The highest BCUT2D eigenvalue weighted by Gasteiger charge is 2.17. The summed E-state index contributed by atoms with van der Waals surface area (Å²) in [7, 11) is 0. The van der Waals surface area contributed by atoms with Gasteiger partial charge in [-0.25, -0.2) is 0 Å². The number of benzene rings is 3. The summed E-state index contributed by atoms with van der Waals surface area (Å²) in [6.45, 7) is 2.17. The van der Waals surface area contributed by atoms with Gasteiger partial charge >= 0.3 is 0 Å². The van der Waals surface area contributed by atoms with Gasteiger partial charge in [0, 0.05) is 17.7 Å². The zero-order chi connectivity index (χ0) is 21.9. The first-order chi connectivity index (χ1) is 15.2. The average Bonchev–Trinajstić information content (AvgIpc) is 2.80. The van der Waals surface area contributed by atoms with Crippen LogP contribution in [-0.4, -0.2) is 11.7 Å². The largest absolute Gasteiger partial charge is 0.457 e. The van der Waals surface area contributed by atoms with Crippen LogP contribution in [0.1, 0.15) is 66.2 Å². The van der Waals surface area contributed by atoms with Crippen LogP contribution in [0.15, 0.2) is 78.9 Å². The number of nitrogens with one attached hydrogen (secondary N) is 1. The van der Waals surface area contributed by atoms with Crippen molar-refractivity contribution in [3.63, 3.8) is 0 Å². The van der Waals surface area contributed by atoms with E-state index in [2.05, 4.69) is 12.2 Å². The Morgan fingerprint density at radius 2 is 1.48 bits per heavy atom. The molecule has 0 unspecified atom stereocenters. The molecule has 4 nitrogen and oxygen atoms in total. The smallest absolute Gasteiger partial charge is 0.259 e. The Labute approximate surface area is 184 Å². The van der Waals surface area contributed by atoms with E-state index in [0.29, 0.717) is 34.7 Å². The molecular formula is C27H29NO3. The molecular weight excluding hydrogens is 386 g/mol. The minimum atomic E-state index is -0.310. The number of hydrogen-bond acceptors (Lipinski definition) is 3. The molecule has 3 rings (SSSR count). The Hall–Kier alpha value is -3.40. The second kappa shape index (κ2) is 11.7. The third-order valence-corrected chi connectivity index (χ3v) is 5.06. The van der Waals surface area contributed by atoms with Crippen LogP contribution in [0.4, 0.5) is 5.69 Å². The molecule has 0 saturated heterocycles. The number of rotatable bonds is 11. The first kappa shape index (κ1) is 22.3. The normalized spacial score (nSPS) is 10.5. The summed E-state index contributed by atoms with van der Waals surface area (Å²) in [5, 5.41) is 2.89. The fraction of sp³-hybridized carbons (Fsp3) is 0.259. The summed E-state index contributed by atoms with van der Waals surface area (Å²) >= 11 is 0. The third kappa shape index (κ3) is 6.82. The number of ether oxygens (including phenoxy) is 1. The molecule has 3 aromatic carbocycles. The van der Waals surface area contributed by atoms with Crippen molar-refractivity contribution in [1.82, 2.24) is 0 Å². The van der Waals surface area contributed by atoms with Gasteiger partial charge < -0.3 is 10.1 Å². The minimum Gasteiger partial charge on any atom is -0.457 e. The van der Waals surface area contributed by atoms with Crippen molar-refractivity contribution < 1.29 is 14.3 Å². The Kier molecular flexibility index (Phi) is 8.41. The molecule has 4 heteroatoms. The van der Waals surface area contributed by atoms with Crippen LogP contribution in [0, 0.1) is 0 Å². The van der Waals surface area contributed by atoms with E-state index in [-0.39, 0.29) is 11.7 Å². The van der Waals surface area contributed by atoms with Gasteiger partial charge in [-0.05, 0) is 48.9 Å². The van der Waals surface area contributed by atoms with Crippen LogP contribution < -0.4 is 10.1 Å². The van der Waals surface area contributed by atoms with Crippen LogP contribution in [0.25, 0.3) is 0 Å². The SMILES string of the molecule is CCCCCCCC(=O)c1ccc(Oc2ccccc2)c(C(=O)Nc2ccccc2)c1. The Bertz CT molecular complexity index is 984. The molecule has 0 aliphatic carbocycles. The van der Waals surface area contributed by atoms with E-state index in [4.69, 9.17) is 4.74 Å². The summed E-state index contributed by atoms with van der Waals surface area (Å²) < 4.78 is 5.96. The van der Waals surface area contributed by atoms with E-state index in [9.17, 15) is 9.59 Å². The average molecular weight is 416 g/mol. The maximum absolute atomic E-state index is 13.0. The molecule has 0 saturated carbocycles. The van der Waals surface area contributed by atoms with E-state index in [1.165, 1.54) is 12.8 Å². The highest BCUT2D eigenvalue weighted by atomic mass is 16.5. The maximum Gasteiger partial charge on any atom is 0.259 e. The number of unbranched alkanes of at least 4 members (excludes halogenated alkanes) is 4. The molecule has 31 heavy (non-hydrogen) atoms. The number of carbonyl (C=O) groups excluding carboxylic acids is 2. The fourth-order valence-corrected chi connectivity index (χ4v) is 3.34. The highest BCUT2D eigenvalue weighted by Crippen LogP contribution is 2.28. The molecule has 0 radical (unpaired) electrons. The summed E-state index contributed by atoms with van der Waals surface area (Å²) in [5.41, 5.74) is 1.56. The summed E-state index contributed by atoms with van der Waals surface area (Å²) in [5.74, 6) is 0.789. The molecule has 0 spiro atoms. The number of para-hydroxylation sites is 2. The maximum atomic E-state index is 13.0. The standard InChI is InChI=1S/C27H29NO3/c1-2-3-4-5-12-17-25(29)21-18-19-26(31-23-15-10-7-11-16-23)24(20-21)27(30)28-22-13-8-6-9-14-22/h6-11,13-16,18-20H,2-5,12,17H2,1H3,(H,28,30). The minimum absolute atomic E-state index is 0.0523. The predicted molar refractivity (Wildman–Crippen MR) is 125 cm³/mol. The third-order valence-electron chi connectivity index (χ3n) is 5.06. The number of hydrogen-bond donors (Lipinski definition) is 1. The van der Waals surface area contributed by atoms with Gasteiger partial charge in [-0.15, -0.1) is 0 Å². The van der Waals surface area contributed by atoms with Gasteiger partial charge in [-0.2, -0.15) is 0 Å². The van der Waals surface area contributed by atoms with Crippen molar-refractivity contribution in [1.29, 1.82) is 0 Å². The van der Waals surface area contributed by atoms with Crippen molar-refractivity contribution in [2.75, 3.05) is 5.32 Å². The Balaban J connectivity index is 1.80. The monoisotopic (exact) mass is 415 g/mol. The number of Topliss-reactive ketones (excluding diaryl/α,β-unsaturated/α-hetero) is 1. The zero-order valence-corrected chi connectivity index (χ0v) is 18.0. The van der Waals surface area contributed by atoms with E-state index in [1.807, 2.05) is 60.7 Å². The lowest BCUT2D eigenvalue weighted by atomic mass is 10.0. The fourth-order valence-electron chi connectivity index (χ4n) is 3.34. The number of amides is 1. The quantitative estimate of drug-likeness (QED) is 0.264. The van der Waals surface area contributed by atoms with Gasteiger partial charge in [0.2, 0.25) is 0 Å². The molecule has 0 bridgehead atoms. The highest BCUT2D eigenvalue weighted by molar-refractivity contribution is 6.08. The van der Waals surface area contributed by atoms with Gasteiger partial charge in [-0.1, -0.05) is 69.0 Å². The van der Waals surface area contributed by atoms with Crippen molar-refractivity contribution in [3.05, 3.63) is 90.0 Å². The van der Waals surface area contributed by atoms with Crippen LogP contribution in [0.5, 0.6) is 11.5 Å². The lowest BCUT2D eigenvalue weighted by Gasteiger charge is -2.13. The molecule has 1 amide bonds. The van der Waals surface area contributed by atoms with Crippen molar-refractivity contribution >= 4 is 17.4 Å². The number of carbonyl (C=O) groups is 2. The van der Waals surface area contributed by atoms with Gasteiger partial charge in [0.05, 0.1) is 5.56 Å². The molecule has 0 atom stereocenters. The summed E-state index contributed by atoms with van der Waals surface area (Å²) in [6, 6.07) is 23.6. The summed E-state index contributed by atoms with van der Waals surface area (Å²) in [6.07, 6.45) is 5.93. The first-order valence-electron chi connectivity index (χ1n) is 10.9. The second-order valence-corrected chi connectivity index (χ2v) is 7.53. The molecule has 0 heterocycles. The number of ketones is 1. The van der Waals surface area contributed by atoms with Crippen LogP contribution >= 0.6 is 0 Å². The van der Waals surface area contributed by atoms with Gasteiger partial charge in [0.1, 0.15) is 11.5 Å². The Morgan fingerprint density at radius 1 is 0.806 bits per heavy atom. The second-order valence-electron chi connectivity index (χ2n) is 7.53. The van der Waals surface area contributed by atoms with Crippen molar-refractivity contribution in [2.45, 2.75) is 45.4 Å². The molecule has 0 fully saturated rings. The van der Waals surface area contributed by atoms with E-state index in [1.54, 1.807) is 18.2 Å². The van der Waals surface area contributed by atoms with Crippen molar-refractivity contribution in [3.8, 4) is 11.5 Å². The number of anilines is 1. The molecule has 160 valence electrons. The molecule has 0 aliphatic heterocycles. The molecule has 0 aliphatic rings. The van der Waals surface area contributed by atoms with Crippen LogP contribution in [-0.2, 0) is 0 Å². The lowest BCUT2D eigenvalue weighted by molar-refractivity contribution is 0.0979. The van der Waals surface area contributed by atoms with Gasteiger partial charge in [0.25, 0.3) is 5.91 Å². The van der Waals surface area contributed by atoms with E-state index in [0.717, 1.165) is 19.3 Å². The van der Waals surface area contributed by atoms with E-state index < -0.39 is 0 Å². The van der Waals surface area contributed by atoms with Crippen molar-refractivity contribution in [2.24, 2.45) is 0 Å². The predicted octanol–water partition coefficient (Wildman–Crippen LogP) is 7.27. The lowest BCUT2D eigenvalue weighted by Crippen LogP contribution is -2.14. The summed E-state index contributed by atoms with van der Waals surface area (Å²) in [4.78, 5) is 25.7. The molecule has 0 aromatic heterocycles. The topological polar surface area (TPSA) is 55.4 Å². The first-order valence-corrected chi connectivity index (χ1v) is 10.9. The zero-order valence-electron chi connectivity index (χ0n) is 18.0. The van der Waals surface area contributed by atoms with Gasteiger partial charge in [-0.3, -0.25) is 9.59 Å². The van der Waals surface area contributed by atoms with Crippen LogP contribution in [0.2, 0.25) is 0 Å². The van der Waals surface area contributed by atoms with Crippen LogP contribution in [0.3, 0.4) is 0 Å². The Morgan fingerprint density at radius 3 is 2.19 bits per heavy atom. The molecule has 1 N–H and O–H groups in total.